The fourth-order valence-electron chi connectivity index (χ4n) is 2.90. The Morgan fingerprint density at radius 3 is 2.34 bits per heavy atom. The summed E-state index contributed by atoms with van der Waals surface area (Å²) < 4.78 is 17.1. The quantitative estimate of drug-likeness (QED) is 0.404. The summed E-state index contributed by atoms with van der Waals surface area (Å²) in [6.07, 6.45) is 4.71. The van der Waals surface area contributed by atoms with Gasteiger partial charge >= 0.3 is 11.9 Å². The molecule has 3 aromatic rings. The Labute approximate surface area is 187 Å². The zero-order valence-corrected chi connectivity index (χ0v) is 18.6. The smallest absolute Gasteiger partial charge is 0.344 e. The first-order chi connectivity index (χ1) is 15.2. The van der Waals surface area contributed by atoms with E-state index in [1.165, 1.54) is 6.08 Å². The van der Waals surface area contributed by atoms with Crippen LogP contribution in [-0.2, 0) is 19.1 Å². The second kappa shape index (κ2) is 9.96. The van der Waals surface area contributed by atoms with E-state index < -0.39 is 24.1 Å². The number of hydrogen-bond acceptors (Lipinski definition) is 6. The highest BCUT2D eigenvalue weighted by Crippen LogP contribution is 2.26. The highest BCUT2D eigenvalue weighted by molar-refractivity contribution is 5.90. The Morgan fingerprint density at radius 1 is 1.03 bits per heavy atom. The summed E-state index contributed by atoms with van der Waals surface area (Å²) in [7, 11) is 1.61. The van der Waals surface area contributed by atoms with E-state index in [0.717, 1.165) is 17.0 Å². The van der Waals surface area contributed by atoms with Gasteiger partial charge < -0.3 is 14.2 Å². The predicted octanol–water partition coefficient (Wildman–Crippen LogP) is 4.45. The minimum Gasteiger partial charge on any atom is -0.497 e. The third-order valence-electron chi connectivity index (χ3n) is 4.28. The van der Waals surface area contributed by atoms with Gasteiger partial charge in [-0.15, -0.1) is 0 Å². The van der Waals surface area contributed by atoms with Crippen LogP contribution in [0.25, 0.3) is 23.0 Å². The van der Waals surface area contributed by atoms with Gasteiger partial charge in [-0.3, -0.25) is 0 Å². The lowest BCUT2D eigenvalue weighted by Gasteiger charge is -2.19. The number of benzene rings is 2. The predicted molar refractivity (Wildman–Crippen MR) is 121 cm³/mol. The molecule has 0 atom stereocenters. The molecule has 2 aromatic carbocycles. The third kappa shape index (κ3) is 6.31. The highest BCUT2D eigenvalue weighted by atomic mass is 16.6. The van der Waals surface area contributed by atoms with Crippen molar-refractivity contribution in [1.82, 2.24) is 9.78 Å². The van der Waals surface area contributed by atoms with Crippen molar-refractivity contribution in [1.29, 1.82) is 0 Å². The van der Waals surface area contributed by atoms with E-state index in [-0.39, 0.29) is 0 Å². The average molecular weight is 434 g/mol. The van der Waals surface area contributed by atoms with Crippen molar-refractivity contribution >= 4 is 18.0 Å². The van der Waals surface area contributed by atoms with Crippen molar-refractivity contribution in [3.05, 3.63) is 72.4 Å². The zero-order chi connectivity index (χ0) is 23.1. The van der Waals surface area contributed by atoms with E-state index in [9.17, 15) is 9.59 Å². The lowest BCUT2D eigenvalue weighted by molar-refractivity contribution is -0.164. The average Bonchev–Trinajstić information content (AvgIpc) is 3.20. The monoisotopic (exact) mass is 434 g/mol. The number of aromatic nitrogens is 2. The molecule has 0 bridgehead atoms. The summed E-state index contributed by atoms with van der Waals surface area (Å²) in [5.41, 5.74) is 2.51. The van der Waals surface area contributed by atoms with Crippen LogP contribution in [0.1, 0.15) is 26.3 Å². The van der Waals surface area contributed by atoms with Crippen molar-refractivity contribution in [2.45, 2.75) is 26.4 Å². The first kappa shape index (κ1) is 22.8. The number of carbonyl (C=O) groups excluding carboxylic acids is 2. The fourth-order valence-corrected chi connectivity index (χ4v) is 2.90. The molecule has 0 spiro atoms. The molecule has 0 aliphatic carbocycles. The molecule has 0 unspecified atom stereocenters. The minimum absolute atomic E-state index is 0.449. The van der Waals surface area contributed by atoms with Gasteiger partial charge in [0, 0.05) is 23.4 Å². The molecule has 32 heavy (non-hydrogen) atoms. The highest BCUT2D eigenvalue weighted by Gasteiger charge is 2.17. The Bertz CT molecular complexity index is 1090. The van der Waals surface area contributed by atoms with E-state index in [4.69, 9.17) is 19.3 Å². The molecule has 0 fully saturated rings. The van der Waals surface area contributed by atoms with Crippen LogP contribution < -0.4 is 4.74 Å². The van der Waals surface area contributed by atoms with Gasteiger partial charge in [-0.1, -0.05) is 18.2 Å². The molecule has 0 saturated carbocycles. The van der Waals surface area contributed by atoms with Crippen LogP contribution in [0.3, 0.4) is 0 Å². The van der Waals surface area contributed by atoms with E-state index in [1.807, 2.05) is 60.8 Å². The van der Waals surface area contributed by atoms with E-state index >= 15 is 0 Å². The Balaban J connectivity index is 1.81. The number of methoxy groups -OCH3 is 1. The van der Waals surface area contributed by atoms with E-state index in [1.54, 1.807) is 38.6 Å². The van der Waals surface area contributed by atoms with Gasteiger partial charge in [-0.05, 0) is 63.2 Å². The number of carbonyl (C=O) groups is 2. The summed E-state index contributed by atoms with van der Waals surface area (Å²) in [6.45, 7) is 4.79. The lowest BCUT2D eigenvalue weighted by Crippen LogP contribution is -2.27. The molecule has 166 valence electrons. The number of esters is 2. The van der Waals surface area contributed by atoms with Gasteiger partial charge in [0.1, 0.15) is 11.4 Å². The Morgan fingerprint density at radius 2 is 1.72 bits per heavy atom. The largest absolute Gasteiger partial charge is 0.497 e. The van der Waals surface area contributed by atoms with Crippen molar-refractivity contribution in [3.8, 4) is 22.7 Å². The van der Waals surface area contributed by atoms with Crippen LogP contribution >= 0.6 is 0 Å². The van der Waals surface area contributed by atoms with Crippen LogP contribution in [-0.4, -0.2) is 41.0 Å². The van der Waals surface area contributed by atoms with Gasteiger partial charge in [-0.2, -0.15) is 5.10 Å². The van der Waals surface area contributed by atoms with Gasteiger partial charge in [0.15, 0.2) is 6.61 Å². The standard InChI is InChI=1S/C25H26N2O5/c1-25(2,3)32-23(29)17-31-22(28)15-12-19-16-27(20-8-6-5-7-9-20)26-24(19)18-10-13-21(30-4)14-11-18/h5-16H,17H2,1-4H3/b15-12+. The second-order valence-electron chi connectivity index (χ2n) is 7.97. The summed E-state index contributed by atoms with van der Waals surface area (Å²) in [5.74, 6) is -0.516. The molecule has 1 aromatic heterocycles. The SMILES string of the molecule is COc1ccc(-c2nn(-c3ccccc3)cc2/C=C/C(=O)OCC(=O)OC(C)(C)C)cc1. The maximum Gasteiger partial charge on any atom is 0.344 e. The normalized spacial score (nSPS) is 11.4. The Hall–Kier alpha value is -3.87. The molecule has 0 aliphatic heterocycles. The van der Waals surface area contributed by atoms with Crippen LogP contribution in [0.5, 0.6) is 5.75 Å². The van der Waals surface area contributed by atoms with E-state index in [0.29, 0.717) is 11.3 Å². The van der Waals surface area contributed by atoms with Gasteiger partial charge in [-0.25, -0.2) is 14.3 Å². The lowest BCUT2D eigenvalue weighted by atomic mass is 10.1. The number of ether oxygens (including phenoxy) is 3. The van der Waals surface area contributed by atoms with Crippen molar-refractivity contribution in [2.75, 3.05) is 13.7 Å². The van der Waals surface area contributed by atoms with Crippen molar-refractivity contribution < 1.29 is 23.8 Å². The topological polar surface area (TPSA) is 79.7 Å². The molecule has 1 heterocycles. The minimum atomic E-state index is -0.649. The third-order valence-corrected chi connectivity index (χ3v) is 4.28. The van der Waals surface area contributed by atoms with Gasteiger partial charge in [0.25, 0.3) is 0 Å². The zero-order valence-electron chi connectivity index (χ0n) is 18.6. The molecule has 7 nitrogen and oxygen atoms in total. The van der Waals surface area contributed by atoms with Crippen LogP contribution in [0.4, 0.5) is 0 Å². The number of rotatable bonds is 7. The van der Waals surface area contributed by atoms with E-state index in [2.05, 4.69) is 0 Å². The number of hydrogen-bond donors (Lipinski definition) is 0. The molecular weight excluding hydrogens is 408 g/mol. The molecule has 7 heteroatoms. The van der Waals surface area contributed by atoms with Gasteiger partial charge in [0.05, 0.1) is 18.5 Å². The molecule has 0 saturated heterocycles. The molecule has 0 aliphatic rings. The summed E-state index contributed by atoms with van der Waals surface area (Å²) in [4.78, 5) is 23.9. The van der Waals surface area contributed by atoms with Crippen molar-refractivity contribution in [2.24, 2.45) is 0 Å². The summed E-state index contributed by atoms with van der Waals surface area (Å²) >= 11 is 0. The van der Waals surface area contributed by atoms with Crippen molar-refractivity contribution in [3.63, 3.8) is 0 Å². The summed E-state index contributed by atoms with van der Waals surface area (Å²) in [5, 5.41) is 4.70. The van der Waals surface area contributed by atoms with Gasteiger partial charge in [0.2, 0.25) is 0 Å². The second-order valence-corrected chi connectivity index (χ2v) is 7.97. The number of nitrogens with zero attached hydrogens (tertiary/aromatic N) is 2. The first-order valence-electron chi connectivity index (χ1n) is 10.1. The summed E-state index contributed by atoms with van der Waals surface area (Å²) in [6, 6.07) is 17.1. The van der Waals surface area contributed by atoms with Crippen LogP contribution in [0, 0.1) is 0 Å². The van der Waals surface area contributed by atoms with Crippen LogP contribution in [0.2, 0.25) is 0 Å². The molecule has 0 amide bonds. The fraction of sp³-hybridized carbons (Fsp3) is 0.240. The maximum absolute atomic E-state index is 12.1. The van der Waals surface area contributed by atoms with Crippen LogP contribution in [0.15, 0.2) is 66.9 Å². The molecule has 0 N–H and O–H groups in total. The Kier molecular flexibility index (Phi) is 7.10. The maximum atomic E-state index is 12.1. The first-order valence-corrected chi connectivity index (χ1v) is 10.1. The molecular formula is C25H26N2O5. The molecule has 0 radical (unpaired) electrons. The molecule has 3 rings (SSSR count). The number of para-hydroxylation sites is 1.